The van der Waals surface area contributed by atoms with Crippen molar-refractivity contribution < 1.29 is 4.74 Å². The molecule has 0 unspecified atom stereocenters. The van der Waals surface area contributed by atoms with Crippen molar-refractivity contribution in [3.8, 4) is 0 Å². The van der Waals surface area contributed by atoms with E-state index in [2.05, 4.69) is 5.32 Å². The van der Waals surface area contributed by atoms with E-state index in [0.717, 1.165) is 12.6 Å². The van der Waals surface area contributed by atoms with Crippen molar-refractivity contribution >= 4 is 11.8 Å². The van der Waals surface area contributed by atoms with Gasteiger partial charge in [0, 0.05) is 32.1 Å². The van der Waals surface area contributed by atoms with E-state index in [1.807, 2.05) is 11.8 Å². The zero-order chi connectivity index (χ0) is 10.8. The van der Waals surface area contributed by atoms with E-state index < -0.39 is 0 Å². The first kappa shape index (κ1) is 13.3. The van der Waals surface area contributed by atoms with Gasteiger partial charge in [0.05, 0.1) is 0 Å². The van der Waals surface area contributed by atoms with E-state index in [0.29, 0.717) is 0 Å². The van der Waals surface area contributed by atoms with Gasteiger partial charge >= 0.3 is 0 Å². The molecule has 1 N–H and O–H groups in total. The van der Waals surface area contributed by atoms with E-state index in [-0.39, 0.29) is 0 Å². The Hall–Kier alpha value is 0.270. The van der Waals surface area contributed by atoms with Gasteiger partial charge in [-0.2, -0.15) is 11.8 Å². The van der Waals surface area contributed by atoms with Crippen LogP contribution in [-0.4, -0.2) is 37.8 Å². The van der Waals surface area contributed by atoms with Crippen LogP contribution in [0.25, 0.3) is 0 Å². The minimum Gasteiger partial charge on any atom is -0.385 e. The summed E-state index contributed by atoms with van der Waals surface area (Å²) >= 11 is 2.04. The number of hydrogen-bond acceptors (Lipinski definition) is 3. The Bertz CT molecular complexity index is 138. The molecule has 1 fully saturated rings. The summed E-state index contributed by atoms with van der Waals surface area (Å²) in [6, 6.07) is 0.818. The van der Waals surface area contributed by atoms with Crippen LogP contribution in [0.15, 0.2) is 0 Å². The van der Waals surface area contributed by atoms with Gasteiger partial charge < -0.3 is 10.1 Å². The molecular weight excluding hydrogens is 206 g/mol. The van der Waals surface area contributed by atoms with Gasteiger partial charge in [-0.05, 0) is 25.0 Å². The molecule has 0 spiro atoms. The lowest BCUT2D eigenvalue weighted by Crippen LogP contribution is -2.32. The van der Waals surface area contributed by atoms with Crippen molar-refractivity contribution in [1.82, 2.24) is 5.32 Å². The minimum absolute atomic E-state index is 0.818. The Kier molecular flexibility index (Phi) is 8.44. The SMILES string of the molecule is COCCCSCCNC1CCCCC1. The molecule has 0 bridgehead atoms. The van der Waals surface area contributed by atoms with Crippen molar-refractivity contribution in [2.45, 2.75) is 44.6 Å². The third kappa shape index (κ3) is 7.20. The zero-order valence-corrected chi connectivity index (χ0v) is 10.8. The Morgan fingerprint density at radius 1 is 1.20 bits per heavy atom. The van der Waals surface area contributed by atoms with Crippen LogP contribution in [0.1, 0.15) is 38.5 Å². The molecule has 0 atom stereocenters. The molecule has 0 aromatic carbocycles. The third-order valence-electron chi connectivity index (χ3n) is 2.92. The predicted octanol–water partition coefficient (Wildman–Crippen LogP) is 2.68. The fraction of sp³-hybridized carbons (Fsp3) is 1.00. The lowest BCUT2D eigenvalue weighted by molar-refractivity contribution is 0.200. The predicted molar refractivity (Wildman–Crippen MR) is 68.7 cm³/mol. The normalized spacial score (nSPS) is 18.2. The van der Waals surface area contributed by atoms with Gasteiger partial charge in [-0.15, -0.1) is 0 Å². The molecule has 0 aromatic heterocycles. The minimum atomic E-state index is 0.818. The molecule has 1 saturated carbocycles. The topological polar surface area (TPSA) is 21.3 Å². The summed E-state index contributed by atoms with van der Waals surface area (Å²) in [4.78, 5) is 0. The second-order valence-corrected chi connectivity index (χ2v) is 5.47. The van der Waals surface area contributed by atoms with Gasteiger partial charge in [0.15, 0.2) is 0 Å². The lowest BCUT2D eigenvalue weighted by Gasteiger charge is -2.22. The van der Waals surface area contributed by atoms with Gasteiger partial charge in [-0.1, -0.05) is 19.3 Å². The Morgan fingerprint density at radius 3 is 2.73 bits per heavy atom. The first-order valence-corrected chi connectivity index (χ1v) is 7.39. The van der Waals surface area contributed by atoms with Gasteiger partial charge in [0.2, 0.25) is 0 Å². The Labute approximate surface area is 98.5 Å². The fourth-order valence-corrected chi connectivity index (χ4v) is 2.84. The number of rotatable bonds is 8. The Morgan fingerprint density at radius 2 is 2.00 bits per heavy atom. The van der Waals surface area contributed by atoms with Crippen molar-refractivity contribution in [2.24, 2.45) is 0 Å². The molecule has 0 saturated heterocycles. The molecule has 1 aliphatic carbocycles. The maximum absolute atomic E-state index is 5.01. The van der Waals surface area contributed by atoms with E-state index in [1.165, 1.54) is 56.6 Å². The number of thioether (sulfide) groups is 1. The fourth-order valence-electron chi connectivity index (χ4n) is 2.05. The lowest BCUT2D eigenvalue weighted by atomic mass is 9.96. The van der Waals surface area contributed by atoms with Crippen molar-refractivity contribution in [3.05, 3.63) is 0 Å². The van der Waals surface area contributed by atoms with E-state index in [4.69, 9.17) is 4.74 Å². The average Bonchev–Trinajstić information content (AvgIpc) is 2.29. The van der Waals surface area contributed by atoms with Crippen LogP contribution in [-0.2, 0) is 4.74 Å². The molecule has 0 radical (unpaired) electrons. The summed E-state index contributed by atoms with van der Waals surface area (Å²) < 4.78 is 5.01. The molecule has 1 rings (SSSR count). The number of ether oxygens (including phenoxy) is 1. The summed E-state index contributed by atoms with van der Waals surface area (Å²) in [5.41, 5.74) is 0. The quantitative estimate of drug-likeness (QED) is 0.649. The van der Waals surface area contributed by atoms with Crippen LogP contribution in [0.5, 0.6) is 0 Å². The molecule has 0 heterocycles. The smallest absolute Gasteiger partial charge is 0.0470 e. The first-order valence-electron chi connectivity index (χ1n) is 6.23. The van der Waals surface area contributed by atoms with Gasteiger partial charge in [0.25, 0.3) is 0 Å². The standard InChI is InChI=1S/C12H25NOS/c1-14-9-5-10-15-11-8-13-12-6-3-2-4-7-12/h12-13H,2-11H2,1H3. The average molecular weight is 231 g/mol. The van der Waals surface area contributed by atoms with E-state index in [1.54, 1.807) is 7.11 Å². The summed E-state index contributed by atoms with van der Waals surface area (Å²) in [6.45, 7) is 2.09. The third-order valence-corrected chi connectivity index (χ3v) is 3.99. The van der Waals surface area contributed by atoms with Gasteiger partial charge in [0.1, 0.15) is 0 Å². The van der Waals surface area contributed by atoms with Crippen LogP contribution < -0.4 is 5.32 Å². The van der Waals surface area contributed by atoms with Gasteiger partial charge in [-0.25, -0.2) is 0 Å². The molecule has 0 amide bonds. The van der Waals surface area contributed by atoms with Gasteiger partial charge in [-0.3, -0.25) is 0 Å². The number of hydrogen-bond donors (Lipinski definition) is 1. The summed E-state index contributed by atoms with van der Waals surface area (Å²) in [5, 5.41) is 3.66. The summed E-state index contributed by atoms with van der Waals surface area (Å²) in [5.74, 6) is 2.49. The number of methoxy groups -OCH3 is 1. The molecule has 3 heteroatoms. The van der Waals surface area contributed by atoms with Crippen molar-refractivity contribution in [3.63, 3.8) is 0 Å². The zero-order valence-electron chi connectivity index (χ0n) is 9.96. The molecule has 0 aromatic rings. The summed E-state index contributed by atoms with van der Waals surface area (Å²) in [6.07, 6.45) is 8.29. The maximum Gasteiger partial charge on any atom is 0.0470 e. The Balaban J connectivity index is 1.79. The van der Waals surface area contributed by atoms with Crippen LogP contribution in [0.3, 0.4) is 0 Å². The van der Waals surface area contributed by atoms with Crippen LogP contribution in [0.2, 0.25) is 0 Å². The maximum atomic E-state index is 5.01. The highest BCUT2D eigenvalue weighted by molar-refractivity contribution is 7.99. The van der Waals surface area contributed by atoms with Crippen LogP contribution in [0, 0.1) is 0 Å². The van der Waals surface area contributed by atoms with Crippen molar-refractivity contribution in [1.29, 1.82) is 0 Å². The number of nitrogens with one attached hydrogen (secondary N) is 1. The molecule has 90 valence electrons. The largest absolute Gasteiger partial charge is 0.385 e. The molecular formula is C12H25NOS. The van der Waals surface area contributed by atoms with E-state index in [9.17, 15) is 0 Å². The first-order chi connectivity index (χ1) is 7.43. The van der Waals surface area contributed by atoms with Crippen molar-refractivity contribution in [2.75, 3.05) is 31.8 Å². The van der Waals surface area contributed by atoms with Crippen LogP contribution >= 0.6 is 11.8 Å². The molecule has 0 aliphatic heterocycles. The highest BCUT2D eigenvalue weighted by atomic mass is 32.2. The second-order valence-electron chi connectivity index (χ2n) is 4.25. The second kappa shape index (κ2) is 9.49. The highest BCUT2D eigenvalue weighted by Crippen LogP contribution is 2.17. The summed E-state index contributed by atoms with van der Waals surface area (Å²) in [7, 11) is 1.77. The van der Waals surface area contributed by atoms with E-state index >= 15 is 0 Å². The molecule has 1 aliphatic rings. The highest BCUT2D eigenvalue weighted by Gasteiger charge is 2.11. The van der Waals surface area contributed by atoms with Crippen LogP contribution in [0.4, 0.5) is 0 Å². The monoisotopic (exact) mass is 231 g/mol. The molecule has 2 nitrogen and oxygen atoms in total. The molecule has 15 heavy (non-hydrogen) atoms.